The van der Waals surface area contributed by atoms with E-state index in [0.717, 1.165) is 5.56 Å². The van der Waals surface area contributed by atoms with Crippen LogP contribution in [0.2, 0.25) is 0 Å². The van der Waals surface area contributed by atoms with Gasteiger partial charge in [-0.1, -0.05) is 44.2 Å². The highest BCUT2D eigenvalue weighted by molar-refractivity contribution is 5.92. The van der Waals surface area contributed by atoms with Crippen LogP contribution in [-0.4, -0.2) is 21.0 Å². The molecule has 0 unspecified atom stereocenters. The van der Waals surface area contributed by atoms with Gasteiger partial charge in [0.1, 0.15) is 17.2 Å². The Labute approximate surface area is 117 Å². The number of nitrogens with zero attached hydrogens (tertiary/aromatic N) is 2. The monoisotopic (exact) mass is 271 g/mol. The van der Waals surface area contributed by atoms with E-state index in [1.165, 1.54) is 6.20 Å². The molecule has 5 heteroatoms. The number of hydrogen-bond donors (Lipinski definition) is 2. The summed E-state index contributed by atoms with van der Waals surface area (Å²) in [6.07, 6.45) is 1.36. The molecule has 5 nitrogen and oxygen atoms in total. The van der Waals surface area contributed by atoms with Gasteiger partial charge in [-0.25, -0.2) is 14.8 Å². The lowest BCUT2D eigenvalue weighted by molar-refractivity contribution is 0.0697. The maximum atomic E-state index is 11.2. The third-order valence-electron chi connectivity index (χ3n) is 2.86. The van der Waals surface area contributed by atoms with Crippen LogP contribution in [0, 0.1) is 0 Å². The molecule has 20 heavy (non-hydrogen) atoms. The molecule has 1 heterocycles. The number of rotatable bonds is 5. The number of anilines is 1. The van der Waals surface area contributed by atoms with Crippen molar-refractivity contribution in [2.24, 2.45) is 0 Å². The van der Waals surface area contributed by atoms with Crippen molar-refractivity contribution in [1.29, 1.82) is 0 Å². The lowest BCUT2D eigenvalue weighted by Crippen LogP contribution is -2.11. The Morgan fingerprint density at radius 1 is 1.30 bits per heavy atom. The van der Waals surface area contributed by atoms with Gasteiger partial charge in [0.05, 0.1) is 0 Å². The van der Waals surface area contributed by atoms with Crippen LogP contribution >= 0.6 is 0 Å². The summed E-state index contributed by atoms with van der Waals surface area (Å²) in [6, 6.07) is 9.76. The van der Waals surface area contributed by atoms with Gasteiger partial charge in [0.25, 0.3) is 0 Å². The summed E-state index contributed by atoms with van der Waals surface area (Å²) in [5.41, 5.74) is 1.15. The summed E-state index contributed by atoms with van der Waals surface area (Å²) in [7, 11) is 0. The second-order valence-electron chi connectivity index (χ2n) is 4.79. The van der Waals surface area contributed by atoms with Crippen molar-refractivity contribution in [3.8, 4) is 0 Å². The average molecular weight is 271 g/mol. The minimum atomic E-state index is -1.03. The van der Waals surface area contributed by atoms with Crippen molar-refractivity contribution in [3.05, 3.63) is 53.5 Å². The summed E-state index contributed by atoms with van der Waals surface area (Å²) in [5.74, 6) is 0.108. The van der Waals surface area contributed by atoms with E-state index in [-0.39, 0.29) is 11.5 Å². The van der Waals surface area contributed by atoms with Crippen molar-refractivity contribution >= 4 is 11.8 Å². The minimum Gasteiger partial charge on any atom is -0.477 e. The molecule has 0 spiro atoms. The van der Waals surface area contributed by atoms with Gasteiger partial charge in [0.2, 0.25) is 0 Å². The Kier molecular flexibility index (Phi) is 4.30. The Balaban J connectivity index is 2.24. The summed E-state index contributed by atoms with van der Waals surface area (Å²) in [5, 5.41) is 12.2. The standard InChI is InChI=1S/C15H17N3O2/c1-10(2)13-17-9-12(15(19)20)14(18-13)16-8-11-6-4-3-5-7-11/h3-7,9-10H,8H2,1-2H3,(H,19,20)(H,16,17,18). The smallest absolute Gasteiger partial charge is 0.341 e. The third kappa shape index (κ3) is 3.32. The van der Waals surface area contributed by atoms with Crippen LogP contribution in [0.15, 0.2) is 36.5 Å². The fourth-order valence-electron chi connectivity index (χ4n) is 1.75. The Morgan fingerprint density at radius 3 is 2.60 bits per heavy atom. The predicted octanol–water partition coefficient (Wildman–Crippen LogP) is 2.91. The van der Waals surface area contributed by atoms with Crippen molar-refractivity contribution in [2.45, 2.75) is 26.3 Å². The fourth-order valence-corrected chi connectivity index (χ4v) is 1.75. The molecule has 0 aliphatic heterocycles. The highest BCUT2D eigenvalue weighted by atomic mass is 16.4. The molecule has 1 aromatic carbocycles. The molecule has 2 aromatic rings. The van der Waals surface area contributed by atoms with Crippen LogP contribution in [0.4, 0.5) is 5.82 Å². The molecular weight excluding hydrogens is 254 g/mol. The van der Waals surface area contributed by atoms with Crippen molar-refractivity contribution < 1.29 is 9.90 Å². The van der Waals surface area contributed by atoms with Gasteiger partial charge in [-0.15, -0.1) is 0 Å². The first-order valence-corrected chi connectivity index (χ1v) is 6.46. The van der Waals surface area contributed by atoms with E-state index in [2.05, 4.69) is 15.3 Å². The predicted molar refractivity (Wildman–Crippen MR) is 76.8 cm³/mol. The van der Waals surface area contributed by atoms with Gasteiger partial charge in [0.15, 0.2) is 0 Å². The number of nitrogens with one attached hydrogen (secondary N) is 1. The van der Waals surface area contributed by atoms with E-state index >= 15 is 0 Å². The molecule has 0 fully saturated rings. The number of carboxylic acids is 1. The Hall–Kier alpha value is -2.43. The molecule has 0 saturated heterocycles. The SMILES string of the molecule is CC(C)c1ncc(C(=O)O)c(NCc2ccccc2)n1. The molecule has 0 amide bonds. The topological polar surface area (TPSA) is 75.1 Å². The van der Waals surface area contributed by atoms with Crippen LogP contribution in [-0.2, 0) is 6.54 Å². The molecular formula is C15H17N3O2. The number of carbonyl (C=O) groups is 1. The van der Waals surface area contributed by atoms with E-state index < -0.39 is 5.97 Å². The summed E-state index contributed by atoms with van der Waals surface area (Å²) in [6.45, 7) is 4.46. The van der Waals surface area contributed by atoms with E-state index in [1.54, 1.807) is 0 Å². The van der Waals surface area contributed by atoms with Gasteiger partial charge >= 0.3 is 5.97 Å². The molecule has 104 valence electrons. The first-order valence-electron chi connectivity index (χ1n) is 6.46. The number of aromatic nitrogens is 2. The van der Waals surface area contributed by atoms with Crippen LogP contribution in [0.1, 0.15) is 41.5 Å². The van der Waals surface area contributed by atoms with E-state index in [9.17, 15) is 9.90 Å². The summed E-state index contributed by atoms with van der Waals surface area (Å²) in [4.78, 5) is 19.6. The highest BCUT2D eigenvalue weighted by Crippen LogP contribution is 2.17. The summed E-state index contributed by atoms with van der Waals surface area (Å²) >= 11 is 0. The van der Waals surface area contributed by atoms with Crippen molar-refractivity contribution in [1.82, 2.24) is 9.97 Å². The molecule has 0 radical (unpaired) electrons. The largest absolute Gasteiger partial charge is 0.477 e. The first kappa shape index (κ1) is 14.0. The normalized spacial score (nSPS) is 10.6. The van der Waals surface area contributed by atoms with Crippen molar-refractivity contribution in [2.75, 3.05) is 5.32 Å². The van der Waals surface area contributed by atoms with Crippen LogP contribution in [0.5, 0.6) is 0 Å². The second-order valence-corrected chi connectivity index (χ2v) is 4.79. The highest BCUT2D eigenvalue weighted by Gasteiger charge is 2.14. The zero-order chi connectivity index (χ0) is 14.5. The van der Waals surface area contributed by atoms with Crippen molar-refractivity contribution in [3.63, 3.8) is 0 Å². The quantitative estimate of drug-likeness (QED) is 0.874. The minimum absolute atomic E-state index is 0.0883. The zero-order valence-electron chi connectivity index (χ0n) is 11.5. The Morgan fingerprint density at radius 2 is 2.00 bits per heavy atom. The number of benzene rings is 1. The molecule has 0 atom stereocenters. The zero-order valence-corrected chi connectivity index (χ0v) is 11.5. The average Bonchev–Trinajstić information content (AvgIpc) is 2.45. The van der Waals surface area contributed by atoms with Crippen LogP contribution in [0.3, 0.4) is 0 Å². The van der Waals surface area contributed by atoms with Gasteiger partial charge in [-0.3, -0.25) is 0 Å². The first-order chi connectivity index (χ1) is 9.58. The number of carboxylic acid groups (broad SMARTS) is 1. The third-order valence-corrected chi connectivity index (χ3v) is 2.86. The van der Waals surface area contributed by atoms with E-state index in [0.29, 0.717) is 18.2 Å². The van der Waals surface area contributed by atoms with Gasteiger partial charge < -0.3 is 10.4 Å². The molecule has 0 bridgehead atoms. The molecule has 2 rings (SSSR count). The number of aromatic carboxylic acids is 1. The number of hydrogen-bond acceptors (Lipinski definition) is 4. The second kappa shape index (κ2) is 6.14. The Bertz CT molecular complexity index is 597. The lowest BCUT2D eigenvalue weighted by atomic mass is 10.2. The molecule has 1 aromatic heterocycles. The molecule has 0 aliphatic rings. The van der Waals surface area contributed by atoms with Gasteiger partial charge in [-0.2, -0.15) is 0 Å². The molecule has 0 saturated carbocycles. The van der Waals surface area contributed by atoms with Crippen LogP contribution < -0.4 is 5.32 Å². The van der Waals surface area contributed by atoms with Crippen LogP contribution in [0.25, 0.3) is 0 Å². The maximum Gasteiger partial charge on any atom is 0.341 e. The molecule has 2 N–H and O–H groups in total. The van der Waals surface area contributed by atoms with E-state index in [4.69, 9.17) is 0 Å². The lowest BCUT2D eigenvalue weighted by Gasteiger charge is -2.11. The van der Waals surface area contributed by atoms with E-state index in [1.807, 2.05) is 44.2 Å². The fraction of sp³-hybridized carbons (Fsp3) is 0.267. The maximum absolute atomic E-state index is 11.2. The molecule has 0 aliphatic carbocycles. The van der Waals surface area contributed by atoms with Gasteiger partial charge in [0, 0.05) is 18.7 Å². The van der Waals surface area contributed by atoms with Gasteiger partial charge in [-0.05, 0) is 5.56 Å². The summed E-state index contributed by atoms with van der Waals surface area (Å²) < 4.78 is 0.